The Kier molecular flexibility index (Phi) is 2.53. The highest BCUT2D eigenvalue weighted by atomic mass is 16.6. The van der Waals surface area contributed by atoms with Crippen molar-refractivity contribution in [3.8, 4) is 0 Å². The van der Waals surface area contributed by atoms with Crippen LogP contribution in [0.25, 0.3) is 0 Å². The number of carbonyl (C=O) groups excluding carboxylic acids is 1. The van der Waals surface area contributed by atoms with Crippen LogP contribution in [0.5, 0.6) is 0 Å². The molecule has 0 aliphatic carbocycles. The summed E-state index contributed by atoms with van der Waals surface area (Å²) in [6.45, 7) is 1.94. The van der Waals surface area contributed by atoms with Crippen molar-refractivity contribution >= 4 is 5.78 Å². The first kappa shape index (κ1) is 11.2. The van der Waals surface area contributed by atoms with E-state index in [-0.39, 0.29) is 11.9 Å². The van der Waals surface area contributed by atoms with Crippen molar-refractivity contribution in [3.05, 3.63) is 71.8 Å². The lowest BCUT2D eigenvalue weighted by atomic mass is 9.88. The molecule has 0 unspecified atom stereocenters. The predicted octanol–water partition coefficient (Wildman–Crippen LogP) is 3.18. The van der Waals surface area contributed by atoms with Crippen molar-refractivity contribution in [2.75, 3.05) is 0 Å². The van der Waals surface area contributed by atoms with E-state index < -0.39 is 5.60 Å². The molecule has 3 rings (SSSR count). The number of hydrogen-bond donors (Lipinski definition) is 0. The average Bonchev–Trinajstić information content (AvgIpc) is 3.13. The summed E-state index contributed by atoms with van der Waals surface area (Å²) in [6.07, 6.45) is -0.0624. The molecule has 0 bridgehead atoms. The van der Waals surface area contributed by atoms with Crippen LogP contribution in [0.15, 0.2) is 60.7 Å². The van der Waals surface area contributed by atoms with Gasteiger partial charge in [0.15, 0.2) is 5.60 Å². The van der Waals surface area contributed by atoms with Gasteiger partial charge in [0, 0.05) is 5.56 Å². The number of carbonyl (C=O) groups is 1. The molecule has 2 aromatic carbocycles. The Morgan fingerprint density at radius 1 is 1.00 bits per heavy atom. The first-order valence-corrected chi connectivity index (χ1v) is 6.08. The third kappa shape index (κ3) is 1.57. The third-order valence-electron chi connectivity index (χ3n) is 3.45. The number of epoxide rings is 1. The highest BCUT2D eigenvalue weighted by molar-refractivity contribution is 6.05. The van der Waals surface area contributed by atoms with Crippen LogP contribution < -0.4 is 0 Å². The quantitative estimate of drug-likeness (QED) is 0.607. The van der Waals surface area contributed by atoms with E-state index in [1.54, 1.807) is 0 Å². The molecular formula is C16H14O2. The minimum absolute atomic E-state index is 0.0433. The van der Waals surface area contributed by atoms with Crippen molar-refractivity contribution in [2.45, 2.75) is 18.6 Å². The number of hydrogen-bond acceptors (Lipinski definition) is 2. The molecule has 1 heterocycles. The van der Waals surface area contributed by atoms with Gasteiger partial charge in [-0.2, -0.15) is 0 Å². The van der Waals surface area contributed by atoms with Crippen molar-refractivity contribution < 1.29 is 9.53 Å². The Hall–Kier alpha value is -1.93. The zero-order valence-corrected chi connectivity index (χ0v) is 10.2. The van der Waals surface area contributed by atoms with E-state index in [4.69, 9.17) is 4.74 Å². The molecule has 0 spiro atoms. The van der Waals surface area contributed by atoms with Gasteiger partial charge in [-0.25, -0.2) is 0 Å². The van der Waals surface area contributed by atoms with Crippen LogP contribution in [0.4, 0.5) is 0 Å². The molecule has 0 N–H and O–H groups in total. The summed E-state index contributed by atoms with van der Waals surface area (Å²) in [5, 5.41) is 0. The van der Waals surface area contributed by atoms with Crippen LogP contribution in [0, 0.1) is 0 Å². The fourth-order valence-electron chi connectivity index (χ4n) is 2.41. The molecule has 18 heavy (non-hydrogen) atoms. The van der Waals surface area contributed by atoms with Crippen LogP contribution in [-0.2, 0) is 10.3 Å². The Morgan fingerprint density at radius 3 is 2.00 bits per heavy atom. The fourth-order valence-corrected chi connectivity index (χ4v) is 2.41. The van der Waals surface area contributed by atoms with E-state index in [1.807, 2.05) is 67.6 Å². The van der Waals surface area contributed by atoms with Gasteiger partial charge in [-0.1, -0.05) is 60.7 Å². The highest BCUT2D eigenvalue weighted by Crippen LogP contribution is 2.48. The maximum absolute atomic E-state index is 12.6. The normalized spacial score (nSPS) is 25.7. The topological polar surface area (TPSA) is 29.6 Å². The zero-order chi connectivity index (χ0) is 12.6. The van der Waals surface area contributed by atoms with Gasteiger partial charge in [-0.3, -0.25) is 4.79 Å². The molecule has 2 aromatic rings. The van der Waals surface area contributed by atoms with Crippen LogP contribution in [-0.4, -0.2) is 11.9 Å². The SMILES string of the molecule is C[C@@H]1O[C@]1(C(=O)c1ccccc1)c1ccccc1. The van der Waals surface area contributed by atoms with Crippen LogP contribution >= 0.6 is 0 Å². The summed E-state index contributed by atoms with van der Waals surface area (Å²) < 4.78 is 5.66. The second-order valence-electron chi connectivity index (χ2n) is 4.56. The van der Waals surface area contributed by atoms with Gasteiger partial charge in [0.1, 0.15) is 0 Å². The van der Waals surface area contributed by atoms with E-state index in [0.29, 0.717) is 5.56 Å². The molecule has 2 heteroatoms. The van der Waals surface area contributed by atoms with Crippen LogP contribution in [0.1, 0.15) is 22.8 Å². The maximum atomic E-state index is 12.6. The molecule has 2 atom stereocenters. The highest BCUT2D eigenvalue weighted by Gasteiger charge is 2.60. The first-order valence-electron chi connectivity index (χ1n) is 6.08. The summed E-state index contributed by atoms with van der Waals surface area (Å²) in [5.74, 6) is 0.0433. The lowest BCUT2D eigenvalue weighted by Gasteiger charge is -2.12. The molecule has 1 aliphatic rings. The van der Waals surface area contributed by atoms with Crippen LogP contribution in [0.3, 0.4) is 0 Å². The molecule has 0 saturated carbocycles. The largest absolute Gasteiger partial charge is 0.352 e. The minimum Gasteiger partial charge on any atom is -0.352 e. The van der Waals surface area contributed by atoms with Crippen molar-refractivity contribution in [1.82, 2.24) is 0 Å². The van der Waals surface area contributed by atoms with E-state index >= 15 is 0 Å². The molecule has 2 nitrogen and oxygen atoms in total. The van der Waals surface area contributed by atoms with Gasteiger partial charge in [0.25, 0.3) is 0 Å². The summed E-state index contributed by atoms with van der Waals surface area (Å²) in [6, 6.07) is 19.0. The monoisotopic (exact) mass is 238 g/mol. The van der Waals surface area contributed by atoms with Gasteiger partial charge in [-0.15, -0.1) is 0 Å². The Balaban J connectivity index is 2.02. The van der Waals surface area contributed by atoms with E-state index in [9.17, 15) is 4.79 Å². The summed E-state index contributed by atoms with van der Waals surface area (Å²) in [4.78, 5) is 12.6. The number of Topliss-reactive ketones (excluding diaryl/α,β-unsaturated/α-hetero) is 1. The minimum atomic E-state index is -0.775. The Bertz CT molecular complexity index is 562. The average molecular weight is 238 g/mol. The standard InChI is InChI=1S/C16H14O2/c1-12-16(18-12,14-10-6-3-7-11-14)15(17)13-8-4-2-5-9-13/h2-12H,1H3/t12-,16-/m0/s1. The number of ketones is 1. The predicted molar refractivity (Wildman–Crippen MR) is 69.4 cm³/mol. The van der Waals surface area contributed by atoms with Gasteiger partial charge in [0.05, 0.1) is 6.10 Å². The zero-order valence-electron chi connectivity index (χ0n) is 10.2. The van der Waals surface area contributed by atoms with Crippen molar-refractivity contribution in [1.29, 1.82) is 0 Å². The Labute approximate surface area is 106 Å². The smallest absolute Gasteiger partial charge is 0.201 e. The molecule has 1 fully saturated rings. The summed E-state index contributed by atoms with van der Waals surface area (Å²) in [7, 11) is 0. The van der Waals surface area contributed by atoms with Gasteiger partial charge in [-0.05, 0) is 12.5 Å². The molecule has 0 radical (unpaired) electrons. The second-order valence-corrected chi connectivity index (χ2v) is 4.56. The molecule has 0 amide bonds. The van der Waals surface area contributed by atoms with Gasteiger partial charge < -0.3 is 4.74 Å². The van der Waals surface area contributed by atoms with E-state index in [1.165, 1.54) is 0 Å². The summed E-state index contributed by atoms with van der Waals surface area (Å²) in [5.41, 5.74) is 0.861. The van der Waals surface area contributed by atoms with E-state index in [2.05, 4.69) is 0 Å². The molecule has 1 aliphatic heterocycles. The Morgan fingerprint density at radius 2 is 1.50 bits per heavy atom. The molecule has 0 aromatic heterocycles. The second kappa shape index (κ2) is 4.07. The molecular weight excluding hydrogens is 224 g/mol. The van der Waals surface area contributed by atoms with E-state index in [0.717, 1.165) is 5.56 Å². The maximum Gasteiger partial charge on any atom is 0.201 e. The van der Waals surface area contributed by atoms with Gasteiger partial charge >= 0.3 is 0 Å². The van der Waals surface area contributed by atoms with Crippen LogP contribution in [0.2, 0.25) is 0 Å². The first-order chi connectivity index (χ1) is 8.75. The lowest BCUT2D eigenvalue weighted by Crippen LogP contribution is -2.24. The lowest BCUT2D eigenvalue weighted by molar-refractivity contribution is 0.0871. The third-order valence-corrected chi connectivity index (χ3v) is 3.45. The molecule has 90 valence electrons. The summed E-state index contributed by atoms with van der Waals surface area (Å²) >= 11 is 0. The van der Waals surface area contributed by atoms with Gasteiger partial charge in [0.2, 0.25) is 5.78 Å². The number of rotatable bonds is 3. The number of ether oxygens (including phenoxy) is 1. The fraction of sp³-hybridized carbons (Fsp3) is 0.188. The van der Waals surface area contributed by atoms with Crippen molar-refractivity contribution in [2.24, 2.45) is 0 Å². The van der Waals surface area contributed by atoms with Crippen molar-refractivity contribution in [3.63, 3.8) is 0 Å². The molecule has 1 saturated heterocycles. The number of benzene rings is 2.